The fourth-order valence-corrected chi connectivity index (χ4v) is 2.38. The molecule has 0 radical (unpaired) electrons. The van der Waals surface area contributed by atoms with Crippen LogP contribution in [0.2, 0.25) is 0 Å². The van der Waals surface area contributed by atoms with Gasteiger partial charge in [0, 0.05) is 17.3 Å². The van der Waals surface area contributed by atoms with Crippen LogP contribution in [-0.2, 0) is 14.3 Å². The highest BCUT2D eigenvalue weighted by Crippen LogP contribution is 2.32. The predicted octanol–water partition coefficient (Wildman–Crippen LogP) is 2.81. The lowest BCUT2D eigenvalue weighted by atomic mass is 10.1. The van der Waals surface area contributed by atoms with Gasteiger partial charge in [-0.05, 0) is 42.8 Å². The zero-order valence-corrected chi connectivity index (χ0v) is 14.6. The van der Waals surface area contributed by atoms with Gasteiger partial charge >= 0.3 is 5.97 Å². The number of esters is 1. The quantitative estimate of drug-likeness (QED) is 0.480. The molecule has 1 N–H and O–H groups in total. The zero-order chi connectivity index (χ0) is 19.2. The van der Waals surface area contributed by atoms with E-state index in [1.807, 2.05) is 0 Å². The van der Waals surface area contributed by atoms with Crippen LogP contribution in [0.4, 0.5) is 5.69 Å². The minimum atomic E-state index is -0.652. The van der Waals surface area contributed by atoms with Crippen molar-refractivity contribution >= 4 is 29.4 Å². The van der Waals surface area contributed by atoms with E-state index in [-0.39, 0.29) is 12.6 Å². The number of amides is 1. The minimum Gasteiger partial charge on any atom is -0.454 e. The summed E-state index contributed by atoms with van der Waals surface area (Å²) >= 11 is 0. The van der Waals surface area contributed by atoms with Crippen molar-refractivity contribution in [2.75, 3.05) is 18.7 Å². The third-order valence-electron chi connectivity index (χ3n) is 3.71. The lowest BCUT2D eigenvalue weighted by Gasteiger charge is -2.06. The molecule has 0 aliphatic carbocycles. The van der Waals surface area contributed by atoms with Crippen molar-refractivity contribution < 1.29 is 28.6 Å². The van der Waals surface area contributed by atoms with Crippen molar-refractivity contribution in [2.24, 2.45) is 0 Å². The van der Waals surface area contributed by atoms with Crippen LogP contribution >= 0.6 is 0 Å². The lowest BCUT2D eigenvalue weighted by Crippen LogP contribution is -2.20. The molecule has 0 atom stereocenters. The number of rotatable bonds is 6. The van der Waals surface area contributed by atoms with Crippen LogP contribution in [0.3, 0.4) is 0 Å². The van der Waals surface area contributed by atoms with Gasteiger partial charge in [0.1, 0.15) is 0 Å². The molecular formula is C20H17NO6. The third-order valence-corrected chi connectivity index (χ3v) is 3.71. The van der Waals surface area contributed by atoms with Crippen molar-refractivity contribution in [1.82, 2.24) is 0 Å². The molecule has 0 bridgehead atoms. The number of ketones is 1. The lowest BCUT2D eigenvalue weighted by molar-refractivity contribution is -0.142. The molecule has 1 heterocycles. The minimum absolute atomic E-state index is 0.105. The summed E-state index contributed by atoms with van der Waals surface area (Å²) in [5, 5.41) is 2.57. The summed E-state index contributed by atoms with van der Waals surface area (Å²) in [6, 6.07) is 11.8. The molecular weight excluding hydrogens is 350 g/mol. The molecule has 3 rings (SSSR count). The molecule has 0 spiro atoms. The Kier molecular flexibility index (Phi) is 5.51. The van der Waals surface area contributed by atoms with E-state index >= 15 is 0 Å². The average Bonchev–Trinajstić information content (AvgIpc) is 3.12. The standard InChI is InChI=1S/C20H17NO6/c1-13(22)15-3-2-4-16(10-15)21-19(23)11-25-20(24)8-6-14-5-7-17-18(9-14)27-12-26-17/h2-10H,11-12H2,1H3,(H,21,23)/b8-6+. The van der Waals surface area contributed by atoms with E-state index in [0.29, 0.717) is 22.7 Å². The van der Waals surface area contributed by atoms with Crippen molar-refractivity contribution in [1.29, 1.82) is 0 Å². The molecule has 7 heteroatoms. The maximum Gasteiger partial charge on any atom is 0.331 e. The molecule has 2 aromatic rings. The molecule has 1 aliphatic rings. The number of anilines is 1. The highest BCUT2D eigenvalue weighted by atomic mass is 16.7. The molecule has 2 aromatic carbocycles. The van der Waals surface area contributed by atoms with Gasteiger partial charge in [-0.25, -0.2) is 4.79 Å². The van der Waals surface area contributed by atoms with E-state index in [4.69, 9.17) is 14.2 Å². The van der Waals surface area contributed by atoms with Gasteiger partial charge < -0.3 is 19.5 Å². The molecule has 0 fully saturated rings. The molecule has 27 heavy (non-hydrogen) atoms. The number of fused-ring (bicyclic) bond motifs is 1. The van der Waals surface area contributed by atoms with Crippen molar-refractivity contribution in [3.63, 3.8) is 0 Å². The monoisotopic (exact) mass is 367 g/mol. The predicted molar refractivity (Wildman–Crippen MR) is 97.6 cm³/mol. The van der Waals surface area contributed by atoms with E-state index in [0.717, 1.165) is 5.56 Å². The number of benzene rings is 2. The van der Waals surface area contributed by atoms with Crippen LogP contribution < -0.4 is 14.8 Å². The molecule has 1 amide bonds. The van der Waals surface area contributed by atoms with Crippen molar-refractivity contribution in [3.8, 4) is 11.5 Å². The number of hydrogen-bond donors (Lipinski definition) is 1. The summed E-state index contributed by atoms with van der Waals surface area (Å²) in [4.78, 5) is 35.0. The Hall–Kier alpha value is -3.61. The second-order valence-corrected chi connectivity index (χ2v) is 5.74. The van der Waals surface area contributed by atoms with E-state index in [9.17, 15) is 14.4 Å². The van der Waals surface area contributed by atoms with Crippen LogP contribution in [-0.4, -0.2) is 31.1 Å². The summed E-state index contributed by atoms with van der Waals surface area (Å²) in [7, 11) is 0. The molecule has 0 saturated carbocycles. The van der Waals surface area contributed by atoms with Crippen LogP contribution in [0.15, 0.2) is 48.5 Å². The summed E-state index contributed by atoms with van der Waals surface area (Å²) in [6.07, 6.45) is 2.78. The van der Waals surface area contributed by atoms with Crippen molar-refractivity contribution in [3.05, 3.63) is 59.7 Å². The van der Waals surface area contributed by atoms with Gasteiger partial charge in [0.2, 0.25) is 6.79 Å². The van der Waals surface area contributed by atoms with E-state index in [1.54, 1.807) is 48.5 Å². The summed E-state index contributed by atoms with van der Waals surface area (Å²) < 4.78 is 15.4. The summed E-state index contributed by atoms with van der Waals surface area (Å²) in [5.74, 6) is 0.00458. The highest BCUT2D eigenvalue weighted by Gasteiger charge is 2.12. The Morgan fingerprint density at radius 3 is 2.74 bits per heavy atom. The van der Waals surface area contributed by atoms with Gasteiger partial charge in [0.25, 0.3) is 5.91 Å². The van der Waals surface area contributed by atoms with Gasteiger partial charge in [-0.1, -0.05) is 18.2 Å². The summed E-state index contributed by atoms with van der Waals surface area (Å²) in [5.41, 5.74) is 1.68. The second-order valence-electron chi connectivity index (χ2n) is 5.74. The highest BCUT2D eigenvalue weighted by molar-refractivity contribution is 5.98. The molecule has 0 saturated heterocycles. The molecule has 7 nitrogen and oxygen atoms in total. The van der Waals surface area contributed by atoms with E-state index in [2.05, 4.69) is 5.32 Å². The van der Waals surface area contributed by atoms with E-state index < -0.39 is 18.5 Å². The molecule has 1 aliphatic heterocycles. The maximum absolute atomic E-state index is 11.9. The van der Waals surface area contributed by atoms with Crippen LogP contribution in [0, 0.1) is 0 Å². The smallest absolute Gasteiger partial charge is 0.331 e. The first kappa shape index (κ1) is 18.2. The number of Topliss-reactive ketones (excluding diaryl/α,β-unsaturated/α-hetero) is 1. The Labute approximate surface area is 155 Å². The second kappa shape index (κ2) is 8.18. The van der Waals surface area contributed by atoms with Gasteiger partial charge in [-0.3, -0.25) is 9.59 Å². The Morgan fingerprint density at radius 2 is 1.93 bits per heavy atom. The van der Waals surface area contributed by atoms with Crippen molar-refractivity contribution in [2.45, 2.75) is 6.92 Å². The first-order valence-corrected chi connectivity index (χ1v) is 8.16. The number of nitrogens with one attached hydrogen (secondary N) is 1. The topological polar surface area (TPSA) is 90.9 Å². The van der Waals surface area contributed by atoms with Gasteiger partial charge in [-0.15, -0.1) is 0 Å². The number of ether oxygens (including phenoxy) is 3. The first-order chi connectivity index (χ1) is 13.0. The van der Waals surface area contributed by atoms with Gasteiger partial charge in [0.05, 0.1) is 0 Å². The fraction of sp³-hybridized carbons (Fsp3) is 0.150. The molecule has 138 valence electrons. The number of hydrogen-bond acceptors (Lipinski definition) is 6. The Morgan fingerprint density at radius 1 is 1.11 bits per heavy atom. The molecule has 0 aromatic heterocycles. The Bertz CT molecular complexity index is 918. The largest absolute Gasteiger partial charge is 0.454 e. The van der Waals surface area contributed by atoms with E-state index in [1.165, 1.54) is 13.0 Å². The van der Waals surface area contributed by atoms with Crippen LogP contribution in [0.25, 0.3) is 6.08 Å². The third kappa shape index (κ3) is 4.94. The maximum atomic E-state index is 11.9. The summed E-state index contributed by atoms with van der Waals surface area (Å²) in [6.45, 7) is 1.18. The number of carbonyl (C=O) groups excluding carboxylic acids is 3. The fourth-order valence-electron chi connectivity index (χ4n) is 2.38. The first-order valence-electron chi connectivity index (χ1n) is 8.16. The van der Waals surface area contributed by atoms with Gasteiger partial charge in [-0.2, -0.15) is 0 Å². The molecule has 0 unspecified atom stereocenters. The van der Waals surface area contributed by atoms with Gasteiger partial charge in [0.15, 0.2) is 23.9 Å². The van der Waals surface area contributed by atoms with Crippen LogP contribution in [0.5, 0.6) is 11.5 Å². The average molecular weight is 367 g/mol. The zero-order valence-electron chi connectivity index (χ0n) is 14.6. The Balaban J connectivity index is 1.49. The normalized spacial score (nSPS) is 12.0. The van der Waals surface area contributed by atoms with Crippen LogP contribution in [0.1, 0.15) is 22.8 Å². The number of carbonyl (C=O) groups is 3. The SMILES string of the molecule is CC(=O)c1cccc(NC(=O)COC(=O)/C=C/c2ccc3c(c2)OCO3)c1.